The van der Waals surface area contributed by atoms with Crippen molar-refractivity contribution in [3.63, 3.8) is 0 Å². The number of urea groups is 1. The predicted octanol–water partition coefficient (Wildman–Crippen LogP) is 2.24. The van der Waals surface area contributed by atoms with Crippen LogP contribution in [0.5, 0.6) is 5.75 Å². The normalized spacial score (nSPS) is 10.3. The minimum atomic E-state index is -0.309. The summed E-state index contributed by atoms with van der Waals surface area (Å²) in [7, 11) is 1.56. The van der Waals surface area contributed by atoms with E-state index in [1.807, 2.05) is 24.3 Å². The maximum atomic E-state index is 12.0. The van der Waals surface area contributed by atoms with Gasteiger partial charge in [0.2, 0.25) is 0 Å². The quantitative estimate of drug-likeness (QED) is 0.639. The summed E-state index contributed by atoms with van der Waals surface area (Å²) in [5.41, 5.74) is 1.45. The molecule has 2 amide bonds. The summed E-state index contributed by atoms with van der Waals surface area (Å²) in [6.07, 6.45) is 3.93. The average Bonchev–Trinajstić information content (AvgIpc) is 3.12. The second-order valence-electron chi connectivity index (χ2n) is 5.18. The zero-order chi connectivity index (χ0) is 17.5. The van der Waals surface area contributed by atoms with Crippen molar-refractivity contribution in [1.82, 2.24) is 25.5 Å². The fourth-order valence-electron chi connectivity index (χ4n) is 2.24. The number of nitrogens with one attached hydrogen (secondary N) is 3. The smallest absolute Gasteiger partial charge is 0.319 e. The molecule has 0 aliphatic carbocycles. The van der Waals surface area contributed by atoms with Gasteiger partial charge in [-0.1, -0.05) is 12.1 Å². The van der Waals surface area contributed by atoms with Crippen LogP contribution in [0.2, 0.25) is 0 Å². The number of carbonyl (C=O) groups is 1. The molecule has 3 N–H and O–H groups in total. The Kier molecular flexibility index (Phi) is 5.20. The Morgan fingerprint density at radius 2 is 2.12 bits per heavy atom. The molecular formula is C17H18N6O2. The van der Waals surface area contributed by atoms with E-state index >= 15 is 0 Å². The molecule has 0 atom stereocenters. The van der Waals surface area contributed by atoms with Crippen LogP contribution in [-0.2, 0) is 6.42 Å². The summed E-state index contributed by atoms with van der Waals surface area (Å²) in [6.45, 7) is 0.419. The zero-order valence-electron chi connectivity index (χ0n) is 13.7. The number of amides is 2. The molecule has 0 radical (unpaired) electrons. The van der Waals surface area contributed by atoms with Crippen molar-refractivity contribution < 1.29 is 9.53 Å². The topological polar surface area (TPSA) is 105 Å². The highest BCUT2D eigenvalue weighted by atomic mass is 16.5. The van der Waals surface area contributed by atoms with Crippen LogP contribution < -0.4 is 15.4 Å². The van der Waals surface area contributed by atoms with Gasteiger partial charge in [0, 0.05) is 30.9 Å². The summed E-state index contributed by atoms with van der Waals surface area (Å²) in [5, 5.41) is 12.5. The molecule has 2 aromatic heterocycles. The molecule has 0 fully saturated rings. The lowest BCUT2D eigenvalue weighted by molar-refractivity contribution is 0.252. The first-order valence-electron chi connectivity index (χ1n) is 7.76. The Morgan fingerprint density at radius 1 is 1.24 bits per heavy atom. The van der Waals surface area contributed by atoms with Gasteiger partial charge in [0.05, 0.1) is 12.8 Å². The molecule has 0 unspecified atom stereocenters. The Hall–Kier alpha value is -3.42. The average molecular weight is 338 g/mol. The van der Waals surface area contributed by atoms with Gasteiger partial charge in [0.15, 0.2) is 5.82 Å². The van der Waals surface area contributed by atoms with Gasteiger partial charge < -0.3 is 15.4 Å². The first-order valence-corrected chi connectivity index (χ1v) is 7.76. The number of para-hydroxylation sites is 2. The van der Waals surface area contributed by atoms with Crippen LogP contribution in [0.4, 0.5) is 10.5 Å². The standard InChI is InChI=1S/C17H18N6O2/c1-25-14-7-3-2-6-13(14)20-17(24)19-10-8-15-21-16(23-22-15)12-5-4-9-18-11-12/h2-7,9,11H,8,10H2,1H3,(H2,19,20,24)(H,21,22,23). The fourth-order valence-corrected chi connectivity index (χ4v) is 2.24. The number of hydrogen-bond acceptors (Lipinski definition) is 5. The van der Waals surface area contributed by atoms with Crippen LogP contribution in [-0.4, -0.2) is 39.9 Å². The zero-order valence-corrected chi connectivity index (χ0v) is 13.7. The highest BCUT2D eigenvalue weighted by Gasteiger charge is 2.08. The first kappa shape index (κ1) is 16.4. The number of carbonyl (C=O) groups excluding carboxylic acids is 1. The van der Waals surface area contributed by atoms with Crippen molar-refractivity contribution in [3.8, 4) is 17.1 Å². The second kappa shape index (κ2) is 7.91. The number of benzene rings is 1. The molecule has 128 valence electrons. The molecule has 0 saturated carbocycles. The minimum Gasteiger partial charge on any atom is -0.495 e. The molecule has 0 aliphatic rings. The number of hydrogen-bond donors (Lipinski definition) is 3. The Bertz CT molecular complexity index is 834. The lowest BCUT2D eigenvalue weighted by Gasteiger charge is -2.10. The van der Waals surface area contributed by atoms with Gasteiger partial charge in [0.25, 0.3) is 0 Å². The van der Waals surface area contributed by atoms with Crippen LogP contribution in [0, 0.1) is 0 Å². The minimum absolute atomic E-state index is 0.309. The summed E-state index contributed by atoms with van der Waals surface area (Å²) in [4.78, 5) is 20.4. The number of rotatable bonds is 6. The second-order valence-corrected chi connectivity index (χ2v) is 5.18. The molecule has 8 nitrogen and oxygen atoms in total. The van der Waals surface area contributed by atoms with Crippen LogP contribution in [0.25, 0.3) is 11.4 Å². The van der Waals surface area contributed by atoms with Gasteiger partial charge >= 0.3 is 6.03 Å². The fraction of sp³-hybridized carbons (Fsp3) is 0.176. The van der Waals surface area contributed by atoms with E-state index in [-0.39, 0.29) is 6.03 Å². The number of H-pyrrole nitrogens is 1. The lowest BCUT2D eigenvalue weighted by atomic mass is 10.3. The summed E-state index contributed by atoms with van der Waals surface area (Å²) in [5.74, 6) is 1.88. The van der Waals surface area contributed by atoms with Crippen LogP contribution in [0.3, 0.4) is 0 Å². The third-order valence-corrected chi connectivity index (χ3v) is 3.45. The van der Waals surface area contributed by atoms with Gasteiger partial charge in [-0.05, 0) is 24.3 Å². The van der Waals surface area contributed by atoms with Gasteiger partial charge in [-0.3, -0.25) is 10.1 Å². The van der Waals surface area contributed by atoms with Gasteiger partial charge in [-0.15, -0.1) is 0 Å². The monoisotopic (exact) mass is 338 g/mol. The van der Waals surface area contributed by atoms with E-state index in [1.54, 1.807) is 31.6 Å². The lowest BCUT2D eigenvalue weighted by Crippen LogP contribution is -2.30. The molecule has 25 heavy (non-hydrogen) atoms. The van der Waals surface area contributed by atoms with E-state index in [9.17, 15) is 4.79 Å². The predicted molar refractivity (Wildman–Crippen MR) is 93.3 cm³/mol. The van der Waals surface area contributed by atoms with Gasteiger partial charge in [-0.25, -0.2) is 9.78 Å². The number of aromatic amines is 1. The molecule has 3 aromatic rings. The first-order chi connectivity index (χ1) is 12.3. The number of nitrogens with zero attached hydrogens (tertiary/aromatic N) is 3. The van der Waals surface area contributed by atoms with Crippen LogP contribution >= 0.6 is 0 Å². The van der Waals surface area contributed by atoms with Crippen molar-refractivity contribution in [2.45, 2.75) is 6.42 Å². The molecule has 0 saturated heterocycles. The van der Waals surface area contributed by atoms with E-state index in [4.69, 9.17) is 4.74 Å². The number of methoxy groups -OCH3 is 1. The van der Waals surface area contributed by atoms with Gasteiger partial charge in [-0.2, -0.15) is 5.10 Å². The summed E-state index contributed by atoms with van der Waals surface area (Å²) >= 11 is 0. The highest BCUT2D eigenvalue weighted by Crippen LogP contribution is 2.22. The van der Waals surface area contributed by atoms with Crippen LogP contribution in [0.1, 0.15) is 5.82 Å². The molecule has 2 heterocycles. The van der Waals surface area contributed by atoms with E-state index in [2.05, 4.69) is 30.8 Å². The molecule has 0 spiro atoms. The molecular weight excluding hydrogens is 320 g/mol. The summed E-state index contributed by atoms with van der Waals surface area (Å²) in [6, 6.07) is 10.6. The molecule has 3 rings (SSSR count). The van der Waals surface area contributed by atoms with E-state index in [0.717, 1.165) is 5.56 Å². The van der Waals surface area contributed by atoms with Crippen LogP contribution in [0.15, 0.2) is 48.8 Å². The Balaban J connectivity index is 1.50. The molecule has 8 heteroatoms. The van der Waals surface area contributed by atoms with Crippen molar-refractivity contribution >= 4 is 11.7 Å². The largest absolute Gasteiger partial charge is 0.495 e. The Labute approximate surface area is 144 Å². The maximum Gasteiger partial charge on any atom is 0.319 e. The molecule has 1 aromatic carbocycles. The maximum absolute atomic E-state index is 12.0. The number of pyridine rings is 1. The molecule has 0 aliphatic heterocycles. The highest BCUT2D eigenvalue weighted by molar-refractivity contribution is 5.90. The summed E-state index contributed by atoms with van der Waals surface area (Å²) < 4.78 is 5.19. The van der Waals surface area contributed by atoms with Crippen molar-refractivity contribution in [2.75, 3.05) is 19.0 Å². The van der Waals surface area contributed by atoms with Gasteiger partial charge in [0.1, 0.15) is 11.6 Å². The third kappa shape index (κ3) is 4.31. The van der Waals surface area contributed by atoms with Crippen molar-refractivity contribution in [3.05, 3.63) is 54.6 Å². The van der Waals surface area contributed by atoms with E-state index in [1.165, 1.54) is 0 Å². The number of aromatic nitrogens is 4. The van der Waals surface area contributed by atoms with Crippen molar-refractivity contribution in [2.24, 2.45) is 0 Å². The Morgan fingerprint density at radius 3 is 2.92 bits per heavy atom. The number of anilines is 1. The third-order valence-electron chi connectivity index (χ3n) is 3.45. The van der Waals surface area contributed by atoms with Crippen molar-refractivity contribution in [1.29, 1.82) is 0 Å². The molecule has 0 bridgehead atoms. The van der Waals surface area contributed by atoms with E-state index < -0.39 is 0 Å². The number of ether oxygens (including phenoxy) is 1. The SMILES string of the molecule is COc1ccccc1NC(=O)NCCc1nc(-c2cccnc2)n[nH]1. The van der Waals surface area contributed by atoms with E-state index in [0.29, 0.717) is 36.1 Å².